The fourth-order valence-corrected chi connectivity index (χ4v) is 8.47. The summed E-state index contributed by atoms with van der Waals surface area (Å²) < 4.78 is 15.5. The zero-order valence-corrected chi connectivity index (χ0v) is 25.4. The highest BCUT2D eigenvalue weighted by Crippen LogP contribution is 2.54. The van der Waals surface area contributed by atoms with Crippen molar-refractivity contribution in [2.45, 2.75) is 105 Å². The van der Waals surface area contributed by atoms with Gasteiger partial charge in [-0.3, -0.25) is 0 Å². The van der Waals surface area contributed by atoms with Crippen molar-refractivity contribution >= 4 is 23.8 Å². The highest BCUT2D eigenvalue weighted by Gasteiger charge is 2.53. The Balaban J connectivity index is 1.61. The van der Waals surface area contributed by atoms with Gasteiger partial charge in [0.15, 0.2) is 6.71 Å². The van der Waals surface area contributed by atoms with E-state index in [-0.39, 0.29) is 27.5 Å². The topological polar surface area (TPSA) is 3.24 Å². The molecule has 2 unspecified atom stereocenters. The van der Waals surface area contributed by atoms with Gasteiger partial charge in [-0.2, -0.15) is 0 Å². The molecule has 3 aliphatic rings. The van der Waals surface area contributed by atoms with E-state index in [0.717, 1.165) is 50.3 Å². The molecule has 0 radical (unpaired) electrons. The molecular formula is C34H46BClFN. The molecule has 1 nitrogen and oxygen atoms in total. The van der Waals surface area contributed by atoms with Gasteiger partial charge in [-0.15, -0.1) is 0 Å². The molecular weight excluding hydrogens is 488 g/mol. The average Bonchev–Trinajstić information content (AvgIpc) is 3.49. The molecule has 2 saturated heterocycles. The van der Waals surface area contributed by atoms with Gasteiger partial charge in [-0.1, -0.05) is 115 Å². The lowest BCUT2D eigenvalue weighted by atomic mass is 9.41. The standard InChI is InChI=1S/C34H46BClFN/c1-23(18-31(2,3)4)38-16-12-15-28(38)34(25-13-10-9-11-14-25)19-24-17-27(37)30(36)29(26(24)20-34)35-21-32(5,6)33(7,8)22-35/h9-11,13-14,17,28H,1,12,15-16,18-22H2,2-8H3. The molecule has 0 amide bonds. The van der Waals surface area contributed by atoms with E-state index in [1.54, 1.807) is 6.07 Å². The van der Waals surface area contributed by atoms with Gasteiger partial charge in [0.1, 0.15) is 5.82 Å². The van der Waals surface area contributed by atoms with Crippen molar-refractivity contribution in [3.63, 3.8) is 0 Å². The summed E-state index contributed by atoms with van der Waals surface area (Å²) in [6, 6.07) is 13.1. The van der Waals surface area contributed by atoms with Crippen LogP contribution in [0, 0.1) is 22.1 Å². The summed E-state index contributed by atoms with van der Waals surface area (Å²) in [6.45, 7) is 22.3. The summed E-state index contributed by atoms with van der Waals surface area (Å²) in [4.78, 5) is 2.61. The van der Waals surface area contributed by atoms with Crippen LogP contribution in [0.4, 0.5) is 4.39 Å². The molecule has 2 fully saturated rings. The Morgan fingerprint density at radius 1 is 1.08 bits per heavy atom. The zero-order valence-electron chi connectivity index (χ0n) is 24.7. The Labute approximate surface area is 236 Å². The minimum atomic E-state index is -0.243. The Bertz CT molecular complexity index is 1210. The average molecular weight is 534 g/mol. The van der Waals surface area contributed by atoms with Crippen molar-refractivity contribution in [1.82, 2.24) is 4.90 Å². The number of fused-ring (bicyclic) bond motifs is 1. The Hall–Kier alpha value is -1.74. The summed E-state index contributed by atoms with van der Waals surface area (Å²) in [5.41, 5.74) is 6.65. The van der Waals surface area contributed by atoms with Gasteiger partial charge in [0, 0.05) is 23.7 Å². The monoisotopic (exact) mass is 533 g/mol. The third-order valence-corrected chi connectivity index (χ3v) is 11.0. The lowest BCUT2D eigenvalue weighted by Crippen LogP contribution is -2.48. The summed E-state index contributed by atoms with van der Waals surface area (Å²) in [7, 11) is 0. The first kappa shape index (κ1) is 27.8. The highest BCUT2D eigenvalue weighted by atomic mass is 35.5. The number of allylic oxidation sites excluding steroid dienone is 1. The maximum absolute atomic E-state index is 15.5. The molecule has 0 bridgehead atoms. The zero-order chi connectivity index (χ0) is 27.7. The summed E-state index contributed by atoms with van der Waals surface area (Å²) in [5, 5.41) is 0.367. The predicted octanol–water partition coefficient (Wildman–Crippen LogP) is 8.70. The molecule has 2 aromatic rings. The molecule has 5 rings (SSSR count). The molecule has 0 spiro atoms. The number of rotatable bonds is 5. The van der Waals surface area contributed by atoms with E-state index in [0.29, 0.717) is 17.8 Å². The van der Waals surface area contributed by atoms with Crippen molar-refractivity contribution in [2.24, 2.45) is 16.2 Å². The molecule has 38 heavy (non-hydrogen) atoms. The van der Waals surface area contributed by atoms with Gasteiger partial charge in [0.05, 0.1) is 5.02 Å². The second kappa shape index (κ2) is 9.43. The largest absolute Gasteiger partial charge is 0.371 e. The van der Waals surface area contributed by atoms with Crippen LogP contribution in [-0.4, -0.2) is 24.2 Å². The van der Waals surface area contributed by atoms with E-state index in [9.17, 15) is 0 Å². The number of halogens is 2. The van der Waals surface area contributed by atoms with Gasteiger partial charge in [0.25, 0.3) is 0 Å². The molecule has 0 N–H and O–H groups in total. The predicted molar refractivity (Wildman–Crippen MR) is 162 cm³/mol. The minimum absolute atomic E-state index is 0.115. The lowest BCUT2D eigenvalue weighted by molar-refractivity contribution is 0.177. The van der Waals surface area contributed by atoms with Gasteiger partial charge in [-0.25, -0.2) is 4.39 Å². The lowest BCUT2D eigenvalue weighted by Gasteiger charge is -2.44. The molecule has 2 atom stereocenters. The molecule has 204 valence electrons. The number of likely N-dealkylation sites (tertiary alicyclic amines) is 1. The fraction of sp³-hybridized carbons (Fsp3) is 0.588. The van der Waals surface area contributed by atoms with E-state index in [1.165, 1.54) is 28.8 Å². The Morgan fingerprint density at radius 3 is 2.32 bits per heavy atom. The van der Waals surface area contributed by atoms with E-state index in [1.807, 2.05) is 0 Å². The van der Waals surface area contributed by atoms with Crippen molar-refractivity contribution in [3.05, 3.63) is 76.2 Å². The van der Waals surface area contributed by atoms with E-state index < -0.39 is 0 Å². The second-order valence-corrected chi connectivity index (χ2v) is 15.5. The van der Waals surface area contributed by atoms with Crippen LogP contribution >= 0.6 is 11.6 Å². The van der Waals surface area contributed by atoms with Crippen molar-refractivity contribution in [2.75, 3.05) is 6.54 Å². The van der Waals surface area contributed by atoms with Gasteiger partial charge in [-0.05, 0) is 71.1 Å². The molecule has 2 heterocycles. The molecule has 2 aromatic carbocycles. The van der Waals surface area contributed by atoms with Crippen LogP contribution < -0.4 is 5.46 Å². The van der Waals surface area contributed by atoms with Crippen molar-refractivity contribution in [1.29, 1.82) is 0 Å². The van der Waals surface area contributed by atoms with Crippen LogP contribution in [0.15, 0.2) is 48.7 Å². The summed E-state index contributed by atoms with van der Waals surface area (Å²) >= 11 is 6.89. The molecule has 4 heteroatoms. The van der Waals surface area contributed by atoms with Gasteiger partial charge < -0.3 is 4.90 Å². The van der Waals surface area contributed by atoms with Crippen molar-refractivity contribution in [3.8, 4) is 0 Å². The first-order valence-corrected chi connectivity index (χ1v) is 15.0. The molecule has 0 saturated carbocycles. The normalized spacial score (nSPS) is 26.2. The number of hydrogen-bond acceptors (Lipinski definition) is 1. The van der Waals surface area contributed by atoms with Crippen LogP contribution in [0.3, 0.4) is 0 Å². The van der Waals surface area contributed by atoms with Gasteiger partial charge >= 0.3 is 0 Å². The third-order valence-electron chi connectivity index (χ3n) is 10.6. The highest BCUT2D eigenvalue weighted by molar-refractivity contribution is 6.77. The number of nitrogens with zero attached hydrogens (tertiary/aromatic N) is 1. The maximum Gasteiger partial charge on any atom is 0.179 e. The van der Waals surface area contributed by atoms with Gasteiger partial charge in [0.2, 0.25) is 0 Å². The van der Waals surface area contributed by atoms with E-state index in [2.05, 4.69) is 90.3 Å². The van der Waals surface area contributed by atoms with Crippen LogP contribution in [0.25, 0.3) is 0 Å². The Kier molecular flexibility index (Phi) is 6.90. The molecule has 1 aliphatic carbocycles. The second-order valence-electron chi connectivity index (χ2n) is 15.1. The fourth-order valence-electron chi connectivity index (χ4n) is 8.14. The SMILES string of the molecule is C=C(CC(C)(C)C)N1CCCC1C1(c2ccccc2)Cc2cc(F)c(Cl)c(B3CC(C)(C)C(C)(C)C3)c2C1. The van der Waals surface area contributed by atoms with E-state index in [4.69, 9.17) is 11.6 Å². The van der Waals surface area contributed by atoms with Crippen LogP contribution in [0.5, 0.6) is 0 Å². The minimum Gasteiger partial charge on any atom is -0.371 e. The van der Waals surface area contributed by atoms with Crippen molar-refractivity contribution < 1.29 is 4.39 Å². The smallest absolute Gasteiger partial charge is 0.179 e. The third kappa shape index (κ3) is 4.65. The quantitative estimate of drug-likeness (QED) is 0.347. The van der Waals surface area contributed by atoms with Crippen LogP contribution in [0.2, 0.25) is 17.7 Å². The number of hydrogen-bond donors (Lipinski definition) is 0. The molecule has 2 aliphatic heterocycles. The van der Waals surface area contributed by atoms with Crippen LogP contribution in [0.1, 0.15) is 84.4 Å². The Morgan fingerprint density at radius 2 is 1.71 bits per heavy atom. The summed E-state index contributed by atoms with van der Waals surface area (Å²) in [5.74, 6) is -0.243. The maximum atomic E-state index is 15.5. The van der Waals surface area contributed by atoms with Crippen LogP contribution in [-0.2, 0) is 18.3 Å². The van der Waals surface area contributed by atoms with E-state index >= 15 is 4.39 Å². The summed E-state index contributed by atoms with van der Waals surface area (Å²) in [6.07, 6.45) is 7.17. The molecule has 0 aromatic heterocycles. The first-order chi connectivity index (χ1) is 17.7. The first-order valence-electron chi connectivity index (χ1n) is 14.6. The number of benzene rings is 2.